The van der Waals surface area contributed by atoms with Crippen LogP contribution in [-0.2, 0) is 17.0 Å². The fraction of sp³-hybridized carbons (Fsp3) is 0.250. The summed E-state index contributed by atoms with van der Waals surface area (Å²) in [4.78, 5) is 32.2. The van der Waals surface area contributed by atoms with E-state index in [2.05, 4.69) is 15.3 Å². The molecule has 1 amide bonds. The molecule has 0 fully saturated rings. The molecule has 8 heteroatoms. The van der Waals surface area contributed by atoms with E-state index >= 15 is 4.39 Å². The highest BCUT2D eigenvalue weighted by Gasteiger charge is 2.46. The van der Waals surface area contributed by atoms with E-state index in [4.69, 9.17) is 23.2 Å². The van der Waals surface area contributed by atoms with E-state index in [1.807, 2.05) is 0 Å². The molecule has 0 bridgehead atoms. The van der Waals surface area contributed by atoms with Gasteiger partial charge in [-0.25, -0.2) is 4.39 Å². The Kier molecular flexibility index (Phi) is 4.51. The van der Waals surface area contributed by atoms with Crippen molar-refractivity contribution in [2.75, 3.05) is 0 Å². The van der Waals surface area contributed by atoms with Crippen molar-refractivity contribution >= 4 is 34.9 Å². The molecule has 0 saturated heterocycles. The summed E-state index contributed by atoms with van der Waals surface area (Å²) in [7, 11) is 0. The third-order valence-corrected chi connectivity index (χ3v) is 4.39. The summed E-state index contributed by atoms with van der Waals surface area (Å²) in [5.41, 5.74) is -1.94. The average molecular weight is 368 g/mol. The molecule has 2 heterocycles. The van der Waals surface area contributed by atoms with Crippen molar-refractivity contribution in [2.24, 2.45) is 0 Å². The molecule has 1 N–H and O–H groups in total. The van der Waals surface area contributed by atoms with Gasteiger partial charge in [-0.2, -0.15) is 0 Å². The second kappa shape index (κ2) is 6.45. The van der Waals surface area contributed by atoms with E-state index < -0.39 is 11.6 Å². The Morgan fingerprint density at radius 1 is 1.38 bits per heavy atom. The van der Waals surface area contributed by atoms with E-state index in [1.165, 1.54) is 30.6 Å². The lowest BCUT2D eigenvalue weighted by Gasteiger charge is -2.29. The van der Waals surface area contributed by atoms with Crippen molar-refractivity contribution in [3.05, 3.63) is 57.6 Å². The zero-order valence-electron chi connectivity index (χ0n) is 12.4. The fourth-order valence-electron chi connectivity index (χ4n) is 2.60. The molecule has 0 saturated carbocycles. The van der Waals surface area contributed by atoms with Crippen LogP contribution in [0.3, 0.4) is 0 Å². The number of Topliss-reactive ketones (excluding diaryl/α,β-unsaturated/α-hetero) is 1. The number of halogens is 3. The van der Waals surface area contributed by atoms with Crippen molar-refractivity contribution in [1.29, 1.82) is 0 Å². The summed E-state index contributed by atoms with van der Waals surface area (Å²) < 4.78 is 15.3. The molecule has 3 rings (SSSR count). The molecule has 1 atom stereocenters. The lowest BCUT2D eigenvalue weighted by molar-refractivity contribution is -0.134. The first-order valence-corrected chi connectivity index (χ1v) is 7.93. The predicted octanol–water partition coefficient (Wildman–Crippen LogP) is 3.24. The quantitative estimate of drug-likeness (QED) is 0.903. The maximum atomic E-state index is 15.3. The van der Waals surface area contributed by atoms with Gasteiger partial charge in [-0.05, 0) is 12.1 Å². The molecule has 2 aromatic heterocycles. The van der Waals surface area contributed by atoms with Gasteiger partial charge < -0.3 is 5.32 Å². The summed E-state index contributed by atoms with van der Waals surface area (Å²) in [6.07, 6.45) is 2.49. The van der Waals surface area contributed by atoms with Crippen LogP contribution in [0, 0.1) is 0 Å². The Labute approximate surface area is 147 Å². The molecule has 0 aliphatic heterocycles. The van der Waals surface area contributed by atoms with Crippen molar-refractivity contribution < 1.29 is 14.0 Å². The number of pyridine rings is 2. The van der Waals surface area contributed by atoms with Gasteiger partial charge >= 0.3 is 0 Å². The minimum atomic E-state index is -2.31. The van der Waals surface area contributed by atoms with Crippen LogP contribution in [0.1, 0.15) is 34.6 Å². The van der Waals surface area contributed by atoms with Gasteiger partial charge in [-0.1, -0.05) is 29.3 Å². The highest BCUT2D eigenvalue weighted by molar-refractivity contribution is 6.34. The Balaban J connectivity index is 1.82. The van der Waals surface area contributed by atoms with Crippen LogP contribution in [-0.4, -0.2) is 21.7 Å². The summed E-state index contributed by atoms with van der Waals surface area (Å²) in [5.74, 6) is -1.12. The van der Waals surface area contributed by atoms with Crippen LogP contribution >= 0.6 is 23.2 Å². The van der Waals surface area contributed by atoms with Crippen LogP contribution in [0.15, 0.2) is 30.6 Å². The first-order valence-electron chi connectivity index (χ1n) is 7.17. The van der Waals surface area contributed by atoms with Crippen molar-refractivity contribution in [2.45, 2.75) is 25.1 Å². The normalized spacial score (nSPS) is 19.7. The fourth-order valence-corrected chi connectivity index (χ4v) is 3.05. The highest BCUT2D eigenvalue weighted by Crippen LogP contribution is 2.38. The summed E-state index contributed by atoms with van der Waals surface area (Å²) >= 11 is 11.7. The van der Waals surface area contributed by atoms with Gasteiger partial charge in [0.1, 0.15) is 5.69 Å². The smallest absolute Gasteiger partial charge is 0.262 e. The number of carbonyl (C=O) groups is 2. The molecule has 0 aromatic carbocycles. The van der Waals surface area contributed by atoms with Gasteiger partial charge in [-0.15, -0.1) is 0 Å². The Hall–Kier alpha value is -2.05. The minimum absolute atomic E-state index is 0.00375. The van der Waals surface area contributed by atoms with E-state index in [1.54, 1.807) is 0 Å². The molecule has 1 aliphatic rings. The molecular weight excluding hydrogens is 356 g/mol. The van der Waals surface area contributed by atoms with Crippen LogP contribution in [0.5, 0.6) is 0 Å². The number of hydrogen-bond donors (Lipinski definition) is 1. The number of amides is 1. The van der Waals surface area contributed by atoms with E-state index in [0.29, 0.717) is 10.7 Å². The number of ketones is 1. The first kappa shape index (κ1) is 16.8. The molecule has 0 unspecified atom stereocenters. The minimum Gasteiger partial charge on any atom is -0.347 e. The number of nitrogens with one attached hydrogen (secondary N) is 1. The molecule has 1 aliphatic carbocycles. The van der Waals surface area contributed by atoms with Gasteiger partial charge in [-0.3, -0.25) is 19.6 Å². The standard InChI is InChI=1S/C16H12Cl2FN3O2/c17-9-6-11(18)12(21-7-9)8-22-15(24)16(19)4-3-13(23)14-10(16)2-1-5-20-14/h1-2,5-7H,3-4,8H2,(H,22,24)/t16-/m0/s1. The Bertz CT molecular complexity index is 831. The molecule has 2 aromatic rings. The second-order valence-corrected chi connectivity index (χ2v) is 6.23. The Morgan fingerprint density at radius 2 is 2.17 bits per heavy atom. The van der Waals surface area contributed by atoms with Crippen LogP contribution in [0.2, 0.25) is 10.0 Å². The first-order chi connectivity index (χ1) is 11.4. The van der Waals surface area contributed by atoms with Crippen LogP contribution in [0.25, 0.3) is 0 Å². The van der Waals surface area contributed by atoms with Crippen molar-refractivity contribution in [1.82, 2.24) is 15.3 Å². The van der Waals surface area contributed by atoms with Gasteiger partial charge in [0.15, 0.2) is 5.78 Å². The molecule has 24 heavy (non-hydrogen) atoms. The topological polar surface area (TPSA) is 72.0 Å². The summed E-state index contributed by atoms with van der Waals surface area (Å²) in [6.45, 7) is -0.0515. The SMILES string of the molecule is O=C1CC[C@@](F)(C(=O)NCc2ncc(Cl)cc2Cl)c2cccnc21. The molecule has 0 spiro atoms. The number of hydrogen-bond acceptors (Lipinski definition) is 4. The average Bonchev–Trinajstić information content (AvgIpc) is 2.57. The van der Waals surface area contributed by atoms with Gasteiger partial charge in [0.05, 0.1) is 22.3 Å². The van der Waals surface area contributed by atoms with Crippen LogP contribution < -0.4 is 5.32 Å². The predicted molar refractivity (Wildman–Crippen MR) is 86.7 cm³/mol. The third-order valence-electron chi connectivity index (χ3n) is 3.86. The van der Waals surface area contributed by atoms with Gasteiger partial charge in [0, 0.05) is 30.8 Å². The largest absolute Gasteiger partial charge is 0.347 e. The lowest BCUT2D eigenvalue weighted by Crippen LogP contribution is -2.44. The van der Waals surface area contributed by atoms with Gasteiger partial charge in [0.25, 0.3) is 5.91 Å². The van der Waals surface area contributed by atoms with E-state index in [0.717, 1.165) is 0 Å². The number of alkyl halides is 1. The number of carbonyl (C=O) groups excluding carboxylic acids is 2. The second-order valence-electron chi connectivity index (χ2n) is 5.39. The summed E-state index contributed by atoms with van der Waals surface area (Å²) in [6, 6.07) is 4.39. The van der Waals surface area contributed by atoms with Crippen molar-refractivity contribution in [3.63, 3.8) is 0 Å². The number of rotatable bonds is 3. The number of fused-ring (bicyclic) bond motifs is 1. The zero-order chi connectivity index (χ0) is 17.3. The molecule has 124 valence electrons. The van der Waals surface area contributed by atoms with Crippen LogP contribution in [0.4, 0.5) is 4.39 Å². The third kappa shape index (κ3) is 2.99. The number of aromatic nitrogens is 2. The highest BCUT2D eigenvalue weighted by atomic mass is 35.5. The Morgan fingerprint density at radius 3 is 2.92 bits per heavy atom. The molecule has 0 radical (unpaired) electrons. The molecular formula is C16H12Cl2FN3O2. The summed E-state index contributed by atoms with van der Waals surface area (Å²) in [5, 5.41) is 3.12. The van der Waals surface area contributed by atoms with Gasteiger partial charge in [0.2, 0.25) is 5.67 Å². The maximum absolute atomic E-state index is 15.3. The maximum Gasteiger partial charge on any atom is 0.262 e. The van der Waals surface area contributed by atoms with Crippen molar-refractivity contribution in [3.8, 4) is 0 Å². The molecule has 5 nitrogen and oxygen atoms in total. The monoisotopic (exact) mass is 367 g/mol. The number of nitrogens with zero attached hydrogens (tertiary/aromatic N) is 2. The van der Waals surface area contributed by atoms with E-state index in [9.17, 15) is 9.59 Å². The zero-order valence-corrected chi connectivity index (χ0v) is 13.9. The van der Waals surface area contributed by atoms with E-state index in [-0.39, 0.29) is 41.4 Å². The lowest BCUT2D eigenvalue weighted by atomic mass is 9.81.